The molecule has 1 rings (SSSR count). The van der Waals surface area contributed by atoms with Crippen molar-refractivity contribution in [2.75, 3.05) is 7.11 Å². The van der Waals surface area contributed by atoms with Gasteiger partial charge in [0.05, 0.1) is 7.11 Å². The molecule has 2 heteroatoms. The van der Waals surface area contributed by atoms with Gasteiger partial charge in [-0.25, -0.2) is 0 Å². The van der Waals surface area contributed by atoms with Crippen molar-refractivity contribution in [2.24, 2.45) is 5.92 Å². The number of hydrogen-bond acceptors (Lipinski definition) is 2. The Morgan fingerprint density at radius 2 is 2.00 bits per heavy atom. The number of pyridine rings is 1. The van der Waals surface area contributed by atoms with Crippen LogP contribution in [-0.2, 0) is 0 Å². The molecule has 0 saturated carbocycles. The number of methoxy groups -OCH3 is 1. The minimum absolute atomic E-state index is 0.482. The van der Waals surface area contributed by atoms with E-state index in [-0.39, 0.29) is 0 Å². The van der Waals surface area contributed by atoms with Crippen molar-refractivity contribution >= 4 is 0 Å². The molecule has 1 aromatic rings. The van der Waals surface area contributed by atoms with Crippen LogP contribution in [0.25, 0.3) is 0 Å². The minimum Gasteiger partial charge on any atom is -0.497 e. The summed E-state index contributed by atoms with van der Waals surface area (Å²) in [5.74, 6) is 1.98. The van der Waals surface area contributed by atoms with Gasteiger partial charge < -0.3 is 4.74 Å². The molecule has 0 aliphatic rings. The topological polar surface area (TPSA) is 22.1 Å². The predicted octanol–water partition coefficient (Wildman–Crippen LogP) is 2.85. The van der Waals surface area contributed by atoms with Crippen LogP contribution in [0, 0.1) is 5.92 Å². The average Bonchev–Trinajstić information content (AvgIpc) is 2.16. The summed E-state index contributed by atoms with van der Waals surface area (Å²) < 4.78 is 5.14. The van der Waals surface area contributed by atoms with Crippen LogP contribution in [0.5, 0.6) is 5.75 Å². The Morgan fingerprint density at radius 1 is 1.31 bits per heavy atom. The van der Waals surface area contributed by atoms with Gasteiger partial charge in [-0.15, -0.1) is 0 Å². The monoisotopic (exact) mass is 179 g/mol. The van der Waals surface area contributed by atoms with Gasteiger partial charge in [-0.2, -0.15) is 0 Å². The molecule has 0 fully saturated rings. The maximum atomic E-state index is 5.14. The van der Waals surface area contributed by atoms with Gasteiger partial charge in [-0.1, -0.05) is 20.8 Å². The first-order chi connectivity index (χ1) is 6.15. The lowest BCUT2D eigenvalue weighted by Crippen LogP contribution is -2.04. The molecule has 0 radical (unpaired) electrons. The van der Waals surface area contributed by atoms with E-state index in [4.69, 9.17) is 4.74 Å². The minimum atomic E-state index is 0.482. The normalized spacial score (nSPS) is 13.0. The van der Waals surface area contributed by atoms with E-state index in [1.807, 2.05) is 12.1 Å². The van der Waals surface area contributed by atoms with Crippen LogP contribution in [0.4, 0.5) is 0 Å². The summed E-state index contributed by atoms with van der Waals surface area (Å²) in [6.07, 6.45) is 1.80. The quantitative estimate of drug-likeness (QED) is 0.711. The molecular weight excluding hydrogens is 162 g/mol. The van der Waals surface area contributed by atoms with Gasteiger partial charge in [0.15, 0.2) is 0 Å². The number of hydrogen-bond donors (Lipinski definition) is 0. The van der Waals surface area contributed by atoms with Crippen LogP contribution in [0.1, 0.15) is 32.4 Å². The third-order valence-electron chi connectivity index (χ3n) is 2.45. The van der Waals surface area contributed by atoms with Gasteiger partial charge in [0.2, 0.25) is 0 Å². The second-order valence-corrected chi connectivity index (χ2v) is 3.65. The summed E-state index contributed by atoms with van der Waals surface area (Å²) in [6, 6.07) is 3.88. The zero-order valence-corrected chi connectivity index (χ0v) is 8.74. The van der Waals surface area contributed by atoms with Crippen LogP contribution in [0.3, 0.4) is 0 Å². The van der Waals surface area contributed by atoms with Crippen LogP contribution < -0.4 is 4.74 Å². The van der Waals surface area contributed by atoms with Crippen LogP contribution in [-0.4, -0.2) is 12.1 Å². The molecule has 0 amide bonds. The van der Waals surface area contributed by atoms with E-state index in [2.05, 4.69) is 25.8 Å². The molecule has 2 nitrogen and oxygen atoms in total. The summed E-state index contributed by atoms with van der Waals surface area (Å²) in [7, 11) is 1.68. The smallest absolute Gasteiger partial charge is 0.122 e. The highest BCUT2D eigenvalue weighted by Gasteiger charge is 2.11. The first-order valence-electron chi connectivity index (χ1n) is 4.65. The lowest BCUT2D eigenvalue weighted by molar-refractivity contribution is 0.411. The van der Waals surface area contributed by atoms with Gasteiger partial charge in [0.25, 0.3) is 0 Å². The fourth-order valence-electron chi connectivity index (χ4n) is 1.15. The van der Waals surface area contributed by atoms with Gasteiger partial charge in [0, 0.05) is 23.9 Å². The van der Waals surface area contributed by atoms with E-state index in [0.717, 1.165) is 11.4 Å². The molecule has 72 valence electrons. The fraction of sp³-hybridized carbons (Fsp3) is 0.545. The van der Waals surface area contributed by atoms with Crippen LogP contribution in [0.15, 0.2) is 18.3 Å². The highest BCUT2D eigenvalue weighted by atomic mass is 16.5. The molecule has 1 atom stereocenters. The Labute approximate surface area is 80.0 Å². The lowest BCUT2D eigenvalue weighted by Gasteiger charge is -2.15. The highest BCUT2D eigenvalue weighted by molar-refractivity contribution is 5.24. The Kier molecular flexibility index (Phi) is 3.29. The molecule has 0 aromatic carbocycles. The summed E-state index contributed by atoms with van der Waals surface area (Å²) in [4.78, 5) is 4.33. The van der Waals surface area contributed by atoms with Crippen LogP contribution >= 0.6 is 0 Å². The summed E-state index contributed by atoms with van der Waals surface area (Å²) in [5, 5.41) is 0. The molecule has 0 bridgehead atoms. The number of nitrogens with zero attached hydrogens (tertiary/aromatic N) is 1. The van der Waals surface area contributed by atoms with Crippen molar-refractivity contribution in [3.05, 3.63) is 24.0 Å². The Balaban J connectivity index is 2.88. The molecule has 0 aliphatic carbocycles. The largest absolute Gasteiger partial charge is 0.497 e. The predicted molar refractivity (Wildman–Crippen MR) is 54.0 cm³/mol. The summed E-state index contributed by atoms with van der Waals surface area (Å²) in [5.41, 5.74) is 1.11. The standard InChI is InChI=1S/C11H17NO/c1-8(2)9(3)11-7-10(13-4)5-6-12-11/h5-9H,1-4H3/t9-/m1/s1. The van der Waals surface area contributed by atoms with E-state index >= 15 is 0 Å². The van der Waals surface area contributed by atoms with Gasteiger partial charge in [-0.05, 0) is 12.0 Å². The molecule has 0 N–H and O–H groups in total. The van der Waals surface area contributed by atoms with E-state index in [9.17, 15) is 0 Å². The van der Waals surface area contributed by atoms with Crippen molar-refractivity contribution in [2.45, 2.75) is 26.7 Å². The molecule has 0 unspecified atom stereocenters. The maximum Gasteiger partial charge on any atom is 0.122 e. The Hall–Kier alpha value is -1.05. The van der Waals surface area contributed by atoms with E-state index in [1.165, 1.54) is 0 Å². The molecule has 0 aliphatic heterocycles. The molecule has 1 aromatic heterocycles. The Morgan fingerprint density at radius 3 is 2.54 bits per heavy atom. The number of aromatic nitrogens is 1. The second-order valence-electron chi connectivity index (χ2n) is 3.65. The van der Waals surface area contributed by atoms with Gasteiger partial charge in [0.1, 0.15) is 5.75 Å². The van der Waals surface area contributed by atoms with Gasteiger partial charge >= 0.3 is 0 Å². The zero-order chi connectivity index (χ0) is 9.84. The fourth-order valence-corrected chi connectivity index (χ4v) is 1.15. The Bertz CT molecular complexity index is 271. The van der Waals surface area contributed by atoms with Crippen molar-refractivity contribution in [1.29, 1.82) is 0 Å². The lowest BCUT2D eigenvalue weighted by atomic mass is 9.94. The maximum absolute atomic E-state index is 5.14. The molecule has 1 heterocycles. The zero-order valence-electron chi connectivity index (χ0n) is 8.74. The third kappa shape index (κ3) is 2.44. The van der Waals surface area contributed by atoms with E-state index < -0.39 is 0 Å². The SMILES string of the molecule is COc1ccnc([C@H](C)C(C)C)c1. The first-order valence-corrected chi connectivity index (χ1v) is 4.65. The second kappa shape index (κ2) is 4.26. The molecule has 0 spiro atoms. The van der Waals surface area contributed by atoms with Crippen molar-refractivity contribution in [3.63, 3.8) is 0 Å². The number of ether oxygens (including phenoxy) is 1. The first kappa shape index (κ1) is 10.0. The van der Waals surface area contributed by atoms with Crippen LogP contribution in [0.2, 0.25) is 0 Å². The van der Waals surface area contributed by atoms with E-state index in [1.54, 1.807) is 13.3 Å². The van der Waals surface area contributed by atoms with Crippen molar-refractivity contribution < 1.29 is 4.74 Å². The summed E-state index contributed by atoms with van der Waals surface area (Å²) >= 11 is 0. The average molecular weight is 179 g/mol. The van der Waals surface area contributed by atoms with E-state index in [0.29, 0.717) is 11.8 Å². The molecular formula is C11H17NO. The van der Waals surface area contributed by atoms with Crippen molar-refractivity contribution in [1.82, 2.24) is 4.98 Å². The third-order valence-corrected chi connectivity index (χ3v) is 2.45. The van der Waals surface area contributed by atoms with Crippen molar-refractivity contribution in [3.8, 4) is 5.75 Å². The number of rotatable bonds is 3. The molecule has 13 heavy (non-hydrogen) atoms. The van der Waals surface area contributed by atoms with Gasteiger partial charge in [-0.3, -0.25) is 4.98 Å². The summed E-state index contributed by atoms with van der Waals surface area (Å²) in [6.45, 7) is 6.59. The highest BCUT2D eigenvalue weighted by Crippen LogP contribution is 2.24. The molecule has 0 saturated heterocycles.